The smallest absolute Gasteiger partial charge is 0.0555 e. The molecule has 0 atom stereocenters. The van der Waals surface area contributed by atoms with Crippen molar-refractivity contribution in [1.29, 1.82) is 0 Å². The van der Waals surface area contributed by atoms with Crippen LogP contribution in [0.3, 0.4) is 0 Å². The molecule has 0 saturated carbocycles. The van der Waals surface area contributed by atoms with Crippen LogP contribution in [0.1, 0.15) is 26.7 Å². The molecule has 76 valence electrons. The predicted molar refractivity (Wildman–Crippen MR) is 62.4 cm³/mol. The summed E-state index contributed by atoms with van der Waals surface area (Å²) in [6.07, 6.45) is 10.5. The van der Waals surface area contributed by atoms with Gasteiger partial charge in [0.05, 0.1) is 11.4 Å². The lowest BCUT2D eigenvalue weighted by molar-refractivity contribution is 0.855. The molecule has 0 saturated heterocycles. The molecule has 0 aromatic rings. The fourth-order valence-electron chi connectivity index (χ4n) is 1.29. The third-order valence-corrected chi connectivity index (χ3v) is 2.29. The van der Waals surface area contributed by atoms with Gasteiger partial charge in [-0.15, -0.1) is 0 Å². The maximum atomic E-state index is 5.94. The maximum Gasteiger partial charge on any atom is 0.0555 e. The van der Waals surface area contributed by atoms with Crippen molar-refractivity contribution >= 4 is 5.71 Å². The van der Waals surface area contributed by atoms with E-state index in [0.29, 0.717) is 0 Å². The number of aliphatic imine (C=N–C) groups is 1. The zero-order valence-corrected chi connectivity index (χ0v) is 8.96. The van der Waals surface area contributed by atoms with E-state index in [4.69, 9.17) is 5.73 Å². The van der Waals surface area contributed by atoms with E-state index in [1.807, 2.05) is 26.0 Å². The molecule has 2 nitrogen and oxygen atoms in total. The molecule has 0 aliphatic carbocycles. The lowest BCUT2D eigenvalue weighted by atomic mass is 10.1. The highest BCUT2D eigenvalue weighted by Crippen LogP contribution is 2.05. The summed E-state index contributed by atoms with van der Waals surface area (Å²) in [4.78, 5) is 4.42. The van der Waals surface area contributed by atoms with Crippen LogP contribution in [0, 0.1) is 0 Å². The Hall–Kier alpha value is -1.31. The van der Waals surface area contributed by atoms with E-state index in [1.54, 1.807) is 0 Å². The molecule has 2 N–H and O–H groups in total. The first-order valence-electron chi connectivity index (χ1n) is 5.03. The highest BCUT2D eigenvalue weighted by Gasteiger charge is 1.99. The lowest BCUT2D eigenvalue weighted by Crippen LogP contribution is -2.10. The Morgan fingerprint density at radius 2 is 2.07 bits per heavy atom. The molecule has 0 amide bonds. The van der Waals surface area contributed by atoms with E-state index in [0.717, 1.165) is 36.4 Å². The van der Waals surface area contributed by atoms with Crippen molar-refractivity contribution in [3.8, 4) is 0 Å². The number of allylic oxidation sites excluding steroid dienone is 6. The molecule has 0 bridgehead atoms. The van der Waals surface area contributed by atoms with Gasteiger partial charge in [0, 0.05) is 6.54 Å². The van der Waals surface area contributed by atoms with Crippen LogP contribution in [-0.4, -0.2) is 12.3 Å². The molecule has 0 radical (unpaired) electrons. The minimum Gasteiger partial charge on any atom is -0.397 e. The molecular formula is C12H18N2. The van der Waals surface area contributed by atoms with Crippen LogP contribution in [-0.2, 0) is 0 Å². The summed E-state index contributed by atoms with van der Waals surface area (Å²) in [7, 11) is 0. The van der Waals surface area contributed by atoms with Crippen LogP contribution in [0.25, 0.3) is 0 Å². The second-order valence-electron chi connectivity index (χ2n) is 3.49. The molecule has 0 fully saturated rings. The summed E-state index contributed by atoms with van der Waals surface area (Å²) >= 11 is 0. The fraction of sp³-hybridized carbons (Fsp3) is 0.417. The van der Waals surface area contributed by atoms with Gasteiger partial charge in [-0.25, -0.2) is 0 Å². The van der Waals surface area contributed by atoms with Gasteiger partial charge in [0.15, 0.2) is 0 Å². The first-order valence-corrected chi connectivity index (χ1v) is 5.03. The molecule has 0 unspecified atom stereocenters. The van der Waals surface area contributed by atoms with Gasteiger partial charge in [0.2, 0.25) is 0 Å². The molecular weight excluding hydrogens is 172 g/mol. The Labute approximate surface area is 85.9 Å². The van der Waals surface area contributed by atoms with Crippen LogP contribution in [0.4, 0.5) is 0 Å². The van der Waals surface area contributed by atoms with Crippen molar-refractivity contribution < 1.29 is 0 Å². The second kappa shape index (κ2) is 5.43. The second-order valence-corrected chi connectivity index (χ2v) is 3.49. The van der Waals surface area contributed by atoms with Gasteiger partial charge in [0.25, 0.3) is 0 Å². The average Bonchev–Trinajstić information content (AvgIpc) is 2.21. The largest absolute Gasteiger partial charge is 0.397 e. The summed E-state index contributed by atoms with van der Waals surface area (Å²) < 4.78 is 0. The van der Waals surface area contributed by atoms with Gasteiger partial charge in [-0.1, -0.05) is 24.3 Å². The third kappa shape index (κ3) is 3.21. The van der Waals surface area contributed by atoms with Crippen molar-refractivity contribution in [3.63, 3.8) is 0 Å². The van der Waals surface area contributed by atoms with E-state index >= 15 is 0 Å². The number of hydrogen-bond acceptors (Lipinski definition) is 2. The zero-order valence-electron chi connectivity index (χ0n) is 8.96. The van der Waals surface area contributed by atoms with E-state index in [-0.39, 0.29) is 0 Å². The summed E-state index contributed by atoms with van der Waals surface area (Å²) in [5.41, 5.74) is 8.77. The van der Waals surface area contributed by atoms with E-state index < -0.39 is 0 Å². The van der Waals surface area contributed by atoms with Gasteiger partial charge < -0.3 is 5.73 Å². The highest BCUT2D eigenvalue weighted by molar-refractivity contribution is 5.98. The van der Waals surface area contributed by atoms with Crippen LogP contribution >= 0.6 is 0 Å². The molecule has 14 heavy (non-hydrogen) atoms. The predicted octanol–water partition coefficient (Wildman–Crippen LogP) is 2.59. The number of hydrogen-bond donors (Lipinski definition) is 1. The van der Waals surface area contributed by atoms with Crippen molar-refractivity contribution in [2.75, 3.05) is 6.54 Å². The van der Waals surface area contributed by atoms with Crippen LogP contribution in [0.5, 0.6) is 0 Å². The number of nitrogens with zero attached hydrogens (tertiary/aromatic N) is 1. The minimum atomic E-state index is 0.802. The Balaban J connectivity index is 2.92. The first-order chi connectivity index (χ1) is 6.72. The Morgan fingerprint density at radius 1 is 1.29 bits per heavy atom. The third-order valence-electron chi connectivity index (χ3n) is 2.29. The molecule has 1 rings (SSSR count). The van der Waals surface area contributed by atoms with Crippen molar-refractivity contribution in [2.45, 2.75) is 26.7 Å². The Morgan fingerprint density at radius 3 is 2.86 bits per heavy atom. The summed E-state index contributed by atoms with van der Waals surface area (Å²) in [5, 5.41) is 0. The van der Waals surface area contributed by atoms with Gasteiger partial charge in [-0.2, -0.15) is 0 Å². The molecule has 1 aliphatic rings. The van der Waals surface area contributed by atoms with E-state index in [2.05, 4.69) is 17.1 Å². The van der Waals surface area contributed by atoms with Crippen LogP contribution in [0.2, 0.25) is 0 Å². The highest BCUT2D eigenvalue weighted by atomic mass is 14.8. The van der Waals surface area contributed by atoms with Crippen molar-refractivity contribution in [3.05, 3.63) is 35.6 Å². The fourth-order valence-corrected chi connectivity index (χ4v) is 1.29. The Bertz CT molecular complexity index is 306. The van der Waals surface area contributed by atoms with Crippen LogP contribution in [0.15, 0.2) is 40.6 Å². The minimum absolute atomic E-state index is 0.802. The van der Waals surface area contributed by atoms with E-state index in [9.17, 15) is 0 Å². The van der Waals surface area contributed by atoms with Gasteiger partial charge >= 0.3 is 0 Å². The molecule has 1 heterocycles. The Kier molecular flexibility index (Phi) is 4.17. The van der Waals surface area contributed by atoms with Gasteiger partial charge in [-0.3, -0.25) is 4.99 Å². The maximum absolute atomic E-state index is 5.94. The number of rotatable bonds is 0. The lowest BCUT2D eigenvalue weighted by Gasteiger charge is -2.03. The first kappa shape index (κ1) is 10.8. The summed E-state index contributed by atoms with van der Waals surface area (Å²) in [5.74, 6) is 0. The topological polar surface area (TPSA) is 38.4 Å². The van der Waals surface area contributed by atoms with Crippen molar-refractivity contribution in [2.24, 2.45) is 10.7 Å². The summed E-state index contributed by atoms with van der Waals surface area (Å²) in [6, 6.07) is 0. The zero-order chi connectivity index (χ0) is 10.4. The standard InChI is InChI=1S/C12H18N2/c1-10-8-6-4-3-5-7-9-14-11(2)12(10)13/h3-4,6,8H,5,7,9,13H2,1-2H3/b4-3+,8-6-,12-10-,14-11?. The van der Waals surface area contributed by atoms with Gasteiger partial charge in [0.1, 0.15) is 0 Å². The van der Waals surface area contributed by atoms with Crippen LogP contribution < -0.4 is 5.73 Å². The molecule has 2 heteroatoms. The normalized spacial score (nSPS) is 28.9. The molecule has 0 aromatic heterocycles. The number of nitrogens with two attached hydrogens (primary N) is 1. The van der Waals surface area contributed by atoms with Crippen molar-refractivity contribution in [1.82, 2.24) is 0 Å². The SMILES string of the molecule is CC1=NCCC/C=C/C=C\C(C)=C\1N. The quantitative estimate of drug-likeness (QED) is 0.626. The average molecular weight is 190 g/mol. The molecule has 0 spiro atoms. The summed E-state index contributed by atoms with van der Waals surface area (Å²) in [6.45, 7) is 4.85. The molecule has 1 aliphatic heterocycles. The van der Waals surface area contributed by atoms with Gasteiger partial charge in [-0.05, 0) is 32.3 Å². The van der Waals surface area contributed by atoms with E-state index in [1.165, 1.54) is 0 Å². The monoisotopic (exact) mass is 190 g/mol. The molecule has 0 aromatic carbocycles.